The second kappa shape index (κ2) is 3.93. The van der Waals surface area contributed by atoms with Crippen LogP contribution in [0.1, 0.15) is 10.5 Å². The van der Waals surface area contributed by atoms with Gasteiger partial charge in [0.25, 0.3) is 5.91 Å². The minimum Gasteiger partial charge on any atom is -0.408 e. The molecule has 0 saturated heterocycles. The third kappa shape index (κ3) is 1.81. The Kier molecular flexibility index (Phi) is 2.47. The zero-order valence-electron chi connectivity index (χ0n) is 8.27. The topological polar surface area (TPSA) is 104 Å². The number of fused-ring (bicyclic) bond motifs is 1. The van der Waals surface area contributed by atoms with Gasteiger partial charge in [-0.1, -0.05) is 23.4 Å². The molecule has 1 amide bonds. The lowest BCUT2D eigenvalue weighted by molar-refractivity contribution is 0.0971. The maximum Gasteiger partial charge on any atom is 0.274 e. The van der Waals surface area contributed by atoms with E-state index in [1.807, 2.05) is 24.3 Å². The van der Waals surface area contributed by atoms with Crippen molar-refractivity contribution in [2.24, 2.45) is 10.9 Å². The van der Waals surface area contributed by atoms with E-state index in [0.717, 1.165) is 10.9 Å². The Bertz CT molecular complexity index is 526. The first-order chi connectivity index (χ1) is 7.70. The normalized spacial score (nSPS) is 11.6. The monoisotopic (exact) mass is 218 g/mol. The predicted octanol–water partition coefficient (Wildman–Crippen LogP) is 0.602. The molecule has 0 bridgehead atoms. The van der Waals surface area contributed by atoms with Crippen LogP contribution >= 0.6 is 0 Å². The first kappa shape index (κ1) is 10.0. The van der Waals surface area contributed by atoms with E-state index in [2.05, 4.69) is 15.5 Å². The van der Waals surface area contributed by atoms with Gasteiger partial charge in [-0.25, -0.2) is 0 Å². The van der Waals surface area contributed by atoms with E-state index in [1.165, 1.54) is 0 Å². The van der Waals surface area contributed by atoms with Crippen LogP contribution in [0.5, 0.6) is 0 Å². The molecule has 0 aliphatic rings. The summed E-state index contributed by atoms with van der Waals surface area (Å²) in [5.41, 5.74) is 6.37. The van der Waals surface area contributed by atoms with Gasteiger partial charge in [0.05, 0.1) is 0 Å². The molecular weight excluding hydrogens is 208 g/mol. The maximum absolute atomic E-state index is 11.6. The number of rotatable bonds is 1. The van der Waals surface area contributed by atoms with Gasteiger partial charge in [0.15, 0.2) is 0 Å². The lowest BCUT2D eigenvalue weighted by Crippen LogP contribution is -2.36. The van der Waals surface area contributed by atoms with E-state index in [4.69, 9.17) is 10.9 Å². The summed E-state index contributed by atoms with van der Waals surface area (Å²) in [5.74, 6) is -0.796. The highest BCUT2D eigenvalue weighted by Gasteiger charge is 2.09. The number of para-hydroxylation sites is 1. The molecule has 1 heterocycles. The fourth-order valence-electron chi connectivity index (χ4n) is 1.40. The van der Waals surface area contributed by atoms with E-state index in [-0.39, 0.29) is 5.96 Å². The minimum atomic E-state index is -0.452. The summed E-state index contributed by atoms with van der Waals surface area (Å²) in [7, 11) is 0. The van der Waals surface area contributed by atoms with Gasteiger partial charge in [-0.3, -0.25) is 10.1 Å². The summed E-state index contributed by atoms with van der Waals surface area (Å²) in [6.45, 7) is 0. The number of hydrogen-bond acceptors (Lipinski definition) is 3. The van der Waals surface area contributed by atoms with E-state index < -0.39 is 5.91 Å². The van der Waals surface area contributed by atoms with Gasteiger partial charge in [0.1, 0.15) is 5.69 Å². The number of nitrogens with two attached hydrogens (primary N) is 1. The number of carbonyl (C=O) groups excluding carboxylic acids is 1. The van der Waals surface area contributed by atoms with E-state index >= 15 is 0 Å². The zero-order valence-corrected chi connectivity index (χ0v) is 8.27. The van der Waals surface area contributed by atoms with Gasteiger partial charge >= 0.3 is 0 Å². The number of carbonyl (C=O) groups is 1. The molecular formula is C10H10N4O2. The van der Waals surface area contributed by atoms with Gasteiger partial charge < -0.3 is 15.9 Å². The van der Waals surface area contributed by atoms with E-state index in [0.29, 0.717) is 5.69 Å². The average Bonchev–Trinajstić information content (AvgIpc) is 2.72. The van der Waals surface area contributed by atoms with Crippen molar-refractivity contribution in [3.05, 3.63) is 36.0 Å². The van der Waals surface area contributed by atoms with E-state index in [1.54, 1.807) is 6.07 Å². The van der Waals surface area contributed by atoms with Crippen LogP contribution in [-0.4, -0.2) is 22.1 Å². The Labute approximate surface area is 90.7 Å². The SMILES string of the molecule is N/C(=N\O)NC(=O)c1cc2ccccc2[nH]1. The zero-order chi connectivity index (χ0) is 11.5. The number of oxime groups is 1. The van der Waals surface area contributed by atoms with Crippen molar-refractivity contribution in [2.75, 3.05) is 0 Å². The molecule has 2 rings (SSSR count). The molecule has 0 fully saturated rings. The van der Waals surface area contributed by atoms with Crippen LogP contribution in [0.15, 0.2) is 35.5 Å². The Morgan fingerprint density at radius 3 is 2.88 bits per heavy atom. The third-order valence-electron chi connectivity index (χ3n) is 2.12. The molecule has 0 aliphatic carbocycles. The number of H-pyrrole nitrogens is 1. The molecule has 5 N–H and O–H groups in total. The summed E-state index contributed by atoms with van der Waals surface area (Å²) < 4.78 is 0. The summed E-state index contributed by atoms with van der Waals surface area (Å²) in [4.78, 5) is 14.5. The van der Waals surface area contributed by atoms with Crippen molar-refractivity contribution >= 4 is 22.8 Å². The summed E-state index contributed by atoms with van der Waals surface area (Å²) in [5, 5.41) is 14.1. The summed E-state index contributed by atoms with van der Waals surface area (Å²) in [6, 6.07) is 9.17. The first-order valence-electron chi connectivity index (χ1n) is 4.57. The fraction of sp³-hybridized carbons (Fsp3) is 0. The van der Waals surface area contributed by atoms with Crippen LogP contribution in [0.3, 0.4) is 0 Å². The number of aromatic amines is 1. The third-order valence-corrected chi connectivity index (χ3v) is 2.12. The fourth-order valence-corrected chi connectivity index (χ4v) is 1.40. The van der Waals surface area contributed by atoms with Crippen LogP contribution in [0, 0.1) is 0 Å². The molecule has 0 saturated carbocycles. The van der Waals surface area contributed by atoms with Crippen molar-refractivity contribution in [1.82, 2.24) is 10.3 Å². The molecule has 0 aliphatic heterocycles. The molecule has 0 unspecified atom stereocenters. The number of benzene rings is 1. The van der Waals surface area contributed by atoms with Crippen LogP contribution in [-0.2, 0) is 0 Å². The Balaban J connectivity index is 2.30. The molecule has 6 heteroatoms. The number of nitrogens with one attached hydrogen (secondary N) is 2. The molecule has 1 aromatic carbocycles. The first-order valence-corrected chi connectivity index (χ1v) is 4.57. The highest BCUT2D eigenvalue weighted by Crippen LogP contribution is 2.14. The number of amides is 1. The molecule has 2 aromatic rings. The van der Waals surface area contributed by atoms with Crippen LogP contribution in [0.4, 0.5) is 0 Å². The van der Waals surface area contributed by atoms with Gasteiger partial charge in [-0.15, -0.1) is 0 Å². The lowest BCUT2D eigenvalue weighted by Gasteiger charge is -1.99. The van der Waals surface area contributed by atoms with Crippen LogP contribution in [0.2, 0.25) is 0 Å². The molecule has 0 radical (unpaired) electrons. The summed E-state index contributed by atoms with van der Waals surface area (Å²) in [6.07, 6.45) is 0. The van der Waals surface area contributed by atoms with Gasteiger partial charge in [-0.2, -0.15) is 0 Å². The largest absolute Gasteiger partial charge is 0.408 e. The highest BCUT2D eigenvalue weighted by atomic mass is 16.4. The smallest absolute Gasteiger partial charge is 0.274 e. The molecule has 1 aromatic heterocycles. The van der Waals surface area contributed by atoms with Crippen LogP contribution in [0.25, 0.3) is 10.9 Å². The second-order valence-corrected chi connectivity index (χ2v) is 3.21. The van der Waals surface area contributed by atoms with Gasteiger partial charge in [-0.05, 0) is 12.1 Å². The average molecular weight is 218 g/mol. The highest BCUT2D eigenvalue weighted by molar-refractivity contribution is 6.06. The van der Waals surface area contributed by atoms with Crippen molar-refractivity contribution in [3.8, 4) is 0 Å². The second-order valence-electron chi connectivity index (χ2n) is 3.21. The number of nitrogens with zero attached hydrogens (tertiary/aromatic N) is 1. The predicted molar refractivity (Wildman–Crippen MR) is 59.2 cm³/mol. The van der Waals surface area contributed by atoms with Crippen molar-refractivity contribution in [3.63, 3.8) is 0 Å². The standard InChI is InChI=1S/C10H10N4O2/c11-10(14-16)13-9(15)8-5-6-3-1-2-4-7(6)12-8/h1-5,12,16H,(H3,11,13,14,15). The van der Waals surface area contributed by atoms with Crippen molar-refractivity contribution in [1.29, 1.82) is 0 Å². The molecule has 0 atom stereocenters. The lowest BCUT2D eigenvalue weighted by atomic mass is 10.2. The Morgan fingerprint density at radius 2 is 2.19 bits per heavy atom. The van der Waals surface area contributed by atoms with Crippen molar-refractivity contribution < 1.29 is 10.0 Å². The molecule has 6 nitrogen and oxygen atoms in total. The molecule has 16 heavy (non-hydrogen) atoms. The summed E-state index contributed by atoms with van der Waals surface area (Å²) >= 11 is 0. The van der Waals surface area contributed by atoms with Gasteiger partial charge in [0.2, 0.25) is 5.96 Å². The van der Waals surface area contributed by atoms with E-state index in [9.17, 15) is 4.79 Å². The minimum absolute atomic E-state index is 0.344. The number of aromatic nitrogens is 1. The number of guanidine groups is 1. The Hall–Kier alpha value is -2.50. The molecule has 0 spiro atoms. The maximum atomic E-state index is 11.6. The quantitative estimate of drug-likeness (QED) is 0.244. The van der Waals surface area contributed by atoms with Gasteiger partial charge in [0, 0.05) is 10.9 Å². The molecule has 82 valence electrons. The van der Waals surface area contributed by atoms with Crippen LogP contribution < -0.4 is 11.1 Å². The number of hydrogen-bond donors (Lipinski definition) is 4. The Morgan fingerprint density at radius 1 is 1.44 bits per heavy atom. The van der Waals surface area contributed by atoms with Crippen molar-refractivity contribution in [2.45, 2.75) is 0 Å².